The second-order valence-corrected chi connectivity index (χ2v) is 6.47. The number of anilines is 1. The number of H-pyrrole nitrogens is 1. The molecule has 2 rings (SSSR count). The number of hydrogen-bond donors (Lipinski definition) is 3. The van der Waals surface area contributed by atoms with E-state index in [0.717, 1.165) is 24.3 Å². The minimum Gasteiger partial charge on any atom is -0.343 e. The molecule has 2 amide bonds. The number of carbonyl (C=O) groups is 2. The number of rotatable bonds is 6. The molecule has 0 aliphatic rings. The number of nitrogens with one attached hydrogen (secondary N) is 3. The zero-order chi connectivity index (χ0) is 17.7. The van der Waals surface area contributed by atoms with Crippen molar-refractivity contribution in [2.75, 3.05) is 11.9 Å². The maximum absolute atomic E-state index is 12.4. The number of halogens is 2. The minimum absolute atomic E-state index is 0.0272. The predicted molar refractivity (Wildman–Crippen MR) is 79.2 cm³/mol. The maximum atomic E-state index is 12.4. The Morgan fingerprint density at radius 3 is 2.42 bits per heavy atom. The third kappa shape index (κ3) is 4.13. The van der Waals surface area contributed by atoms with Crippen molar-refractivity contribution in [3.63, 3.8) is 0 Å². The molecule has 1 aromatic carbocycles. The lowest BCUT2D eigenvalue weighted by atomic mass is 10.2. The molecule has 0 radical (unpaired) electrons. The van der Waals surface area contributed by atoms with E-state index in [2.05, 4.69) is 20.8 Å². The zero-order valence-electron chi connectivity index (χ0n) is 12.0. The first kappa shape index (κ1) is 17.5. The number of aromatic amines is 1. The summed E-state index contributed by atoms with van der Waals surface area (Å²) in [6.45, 7) is -0.332. The molecule has 0 aliphatic heterocycles. The number of benzene rings is 1. The van der Waals surface area contributed by atoms with Crippen LogP contribution in [0.3, 0.4) is 0 Å². The van der Waals surface area contributed by atoms with E-state index in [1.54, 1.807) is 0 Å². The first-order valence-corrected chi connectivity index (χ1v) is 8.04. The van der Waals surface area contributed by atoms with E-state index in [0.29, 0.717) is 5.69 Å². The van der Waals surface area contributed by atoms with Crippen LogP contribution in [0, 0.1) is 0 Å². The van der Waals surface area contributed by atoms with Gasteiger partial charge in [0.1, 0.15) is 0 Å². The quantitative estimate of drug-likeness (QED) is 0.704. The van der Waals surface area contributed by atoms with Crippen LogP contribution < -0.4 is 10.6 Å². The summed E-state index contributed by atoms with van der Waals surface area (Å²) < 4.78 is 47.3. The molecular weight excluding hydrogens is 346 g/mol. The lowest BCUT2D eigenvalue weighted by molar-refractivity contribution is -0.115. The van der Waals surface area contributed by atoms with Gasteiger partial charge in [0.15, 0.2) is 0 Å². The van der Waals surface area contributed by atoms with Crippen LogP contribution >= 0.6 is 0 Å². The van der Waals surface area contributed by atoms with Crippen molar-refractivity contribution in [2.24, 2.45) is 0 Å². The van der Waals surface area contributed by atoms with Crippen molar-refractivity contribution in [1.29, 1.82) is 0 Å². The summed E-state index contributed by atoms with van der Waals surface area (Å²) in [4.78, 5) is 22.8. The third-order valence-corrected chi connectivity index (χ3v) is 4.27. The third-order valence-electron chi connectivity index (χ3n) is 2.87. The van der Waals surface area contributed by atoms with Crippen LogP contribution in [0.15, 0.2) is 41.6 Å². The lowest BCUT2D eigenvalue weighted by Gasteiger charge is -2.07. The van der Waals surface area contributed by atoms with Crippen molar-refractivity contribution in [2.45, 2.75) is 10.7 Å². The summed E-state index contributed by atoms with van der Waals surface area (Å²) in [5, 5.41) is 10.9. The molecule has 0 saturated heterocycles. The summed E-state index contributed by atoms with van der Waals surface area (Å²) in [6, 6.07) is 3.97. The van der Waals surface area contributed by atoms with E-state index in [9.17, 15) is 26.8 Å². The summed E-state index contributed by atoms with van der Waals surface area (Å²) in [5.74, 6) is -4.69. The standard InChI is InChI=1S/C13H12F2N4O4S/c14-13(15)24(22,23)10-3-1-8(2-4-10)12(21)16-7-11(20)19-9-5-17-18-6-9/h1-6,13H,7H2,(H,16,21)(H,17,18)(H,19,20). The van der Waals surface area contributed by atoms with Crippen LogP contribution in [0.5, 0.6) is 0 Å². The number of amides is 2. The summed E-state index contributed by atoms with van der Waals surface area (Å²) in [6.07, 6.45) is 2.82. The van der Waals surface area contributed by atoms with E-state index in [1.807, 2.05) is 0 Å². The number of aromatic nitrogens is 2. The van der Waals surface area contributed by atoms with Gasteiger partial charge in [0.25, 0.3) is 5.91 Å². The monoisotopic (exact) mass is 358 g/mol. The fraction of sp³-hybridized carbons (Fsp3) is 0.154. The number of hydrogen-bond acceptors (Lipinski definition) is 5. The molecule has 0 spiro atoms. The molecule has 11 heteroatoms. The smallest absolute Gasteiger partial charge is 0.341 e. The molecule has 0 aliphatic carbocycles. The Hall–Kier alpha value is -2.82. The predicted octanol–water partition coefficient (Wildman–Crippen LogP) is 0.775. The van der Waals surface area contributed by atoms with Crippen LogP contribution in [0.4, 0.5) is 14.5 Å². The highest BCUT2D eigenvalue weighted by atomic mass is 32.2. The molecule has 24 heavy (non-hydrogen) atoms. The van der Waals surface area contributed by atoms with Gasteiger partial charge in [-0.15, -0.1) is 0 Å². The van der Waals surface area contributed by atoms with Crippen molar-refractivity contribution < 1.29 is 26.8 Å². The molecule has 0 saturated carbocycles. The van der Waals surface area contributed by atoms with Gasteiger partial charge in [0.05, 0.1) is 23.3 Å². The first-order chi connectivity index (χ1) is 11.3. The average molecular weight is 358 g/mol. The van der Waals surface area contributed by atoms with E-state index in [4.69, 9.17) is 0 Å². The van der Waals surface area contributed by atoms with Gasteiger partial charge >= 0.3 is 5.76 Å². The molecule has 3 N–H and O–H groups in total. The molecule has 1 aromatic heterocycles. The van der Waals surface area contributed by atoms with Crippen molar-refractivity contribution in [1.82, 2.24) is 15.5 Å². The van der Waals surface area contributed by atoms with E-state index in [-0.39, 0.29) is 12.1 Å². The fourth-order valence-corrected chi connectivity index (χ4v) is 2.41. The van der Waals surface area contributed by atoms with Crippen molar-refractivity contribution in [3.05, 3.63) is 42.2 Å². The lowest BCUT2D eigenvalue weighted by Crippen LogP contribution is -2.32. The summed E-state index contributed by atoms with van der Waals surface area (Å²) in [5.41, 5.74) is 0.454. The Kier molecular flexibility index (Phi) is 5.24. The fourth-order valence-electron chi connectivity index (χ4n) is 1.69. The van der Waals surface area contributed by atoms with Crippen LogP contribution in [-0.4, -0.2) is 42.7 Å². The van der Waals surface area contributed by atoms with Gasteiger partial charge in [-0.1, -0.05) is 0 Å². The Labute approximate surface area is 135 Å². The van der Waals surface area contributed by atoms with Crippen LogP contribution in [0.1, 0.15) is 10.4 Å². The van der Waals surface area contributed by atoms with Gasteiger partial charge in [-0.2, -0.15) is 13.9 Å². The number of alkyl halides is 2. The van der Waals surface area contributed by atoms with Crippen LogP contribution in [0.2, 0.25) is 0 Å². The molecule has 128 valence electrons. The second-order valence-electron chi connectivity index (χ2n) is 4.55. The Morgan fingerprint density at radius 1 is 1.21 bits per heavy atom. The SMILES string of the molecule is O=C(CNC(=O)c1ccc(S(=O)(=O)C(F)F)cc1)Nc1cn[nH]c1. The van der Waals surface area contributed by atoms with Crippen LogP contribution in [-0.2, 0) is 14.6 Å². The summed E-state index contributed by atoms with van der Waals surface area (Å²) >= 11 is 0. The van der Waals surface area contributed by atoms with Gasteiger partial charge in [-0.25, -0.2) is 8.42 Å². The molecule has 2 aromatic rings. The highest BCUT2D eigenvalue weighted by molar-refractivity contribution is 7.91. The second kappa shape index (κ2) is 7.17. The van der Waals surface area contributed by atoms with Crippen LogP contribution in [0.25, 0.3) is 0 Å². The molecule has 1 heterocycles. The normalized spacial score (nSPS) is 11.3. The molecular formula is C13H12F2N4O4S. The zero-order valence-corrected chi connectivity index (χ0v) is 12.8. The number of sulfone groups is 1. The van der Waals surface area contributed by atoms with Crippen molar-refractivity contribution in [3.8, 4) is 0 Å². The van der Waals surface area contributed by atoms with E-state index in [1.165, 1.54) is 12.4 Å². The highest BCUT2D eigenvalue weighted by Gasteiger charge is 2.26. The van der Waals surface area contributed by atoms with E-state index >= 15 is 0 Å². The summed E-state index contributed by atoms with van der Waals surface area (Å²) in [7, 11) is -4.71. The van der Waals surface area contributed by atoms with Gasteiger partial charge in [-0.05, 0) is 24.3 Å². The van der Waals surface area contributed by atoms with Gasteiger partial charge in [-0.3, -0.25) is 14.7 Å². The molecule has 0 atom stereocenters. The Balaban J connectivity index is 1.94. The average Bonchev–Trinajstić information content (AvgIpc) is 3.05. The molecule has 0 fully saturated rings. The first-order valence-electron chi connectivity index (χ1n) is 6.49. The van der Waals surface area contributed by atoms with E-state index < -0.39 is 32.3 Å². The Bertz CT molecular complexity index is 820. The topological polar surface area (TPSA) is 121 Å². The van der Waals surface area contributed by atoms with Gasteiger partial charge < -0.3 is 10.6 Å². The minimum atomic E-state index is -4.71. The number of carbonyl (C=O) groups excluding carboxylic acids is 2. The largest absolute Gasteiger partial charge is 0.343 e. The molecule has 8 nitrogen and oxygen atoms in total. The Morgan fingerprint density at radius 2 is 1.88 bits per heavy atom. The molecule has 0 bridgehead atoms. The molecule has 0 unspecified atom stereocenters. The maximum Gasteiger partial charge on any atom is 0.341 e. The number of nitrogens with zero attached hydrogens (tertiary/aromatic N) is 1. The van der Waals surface area contributed by atoms with Gasteiger partial charge in [0.2, 0.25) is 15.7 Å². The van der Waals surface area contributed by atoms with Crippen molar-refractivity contribution >= 4 is 27.3 Å². The van der Waals surface area contributed by atoms with Gasteiger partial charge in [0, 0.05) is 11.8 Å². The highest BCUT2D eigenvalue weighted by Crippen LogP contribution is 2.18.